The third kappa shape index (κ3) is 9.04. The molecule has 0 fully saturated rings. The van der Waals surface area contributed by atoms with Gasteiger partial charge in [-0.25, -0.2) is 9.59 Å². The monoisotopic (exact) mass is 301 g/mol. The number of ether oxygens (including phenoxy) is 4. The minimum absolute atomic E-state index is 0.300. The van der Waals surface area contributed by atoms with Crippen LogP contribution in [0.1, 0.15) is 20.8 Å². The van der Waals surface area contributed by atoms with Gasteiger partial charge in [0.1, 0.15) is 11.7 Å². The summed E-state index contributed by atoms with van der Waals surface area (Å²) in [5.41, 5.74) is -0.503. The topological polar surface area (TPSA) is 83.1 Å². The average molecular weight is 301 g/mol. The lowest BCUT2D eigenvalue weighted by Gasteiger charge is -2.19. The molecule has 1 atom stereocenters. The van der Waals surface area contributed by atoms with Crippen molar-refractivity contribution in [3.8, 4) is 0 Å². The highest BCUT2D eigenvalue weighted by Crippen LogP contribution is 2.06. The van der Waals surface area contributed by atoms with E-state index in [9.17, 15) is 9.59 Å². The van der Waals surface area contributed by atoms with Crippen LogP contribution < -0.4 is 5.32 Å². The van der Waals surface area contributed by atoms with Crippen molar-refractivity contribution in [3.05, 3.63) is 12.2 Å². The van der Waals surface area contributed by atoms with E-state index in [1.54, 1.807) is 26.8 Å². The maximum atomic E-state index is 11.3. The highest BCUT2D eigenvalue weighted by molar-refractivity contribution is 5.84. The second-order valence-corrected chi connectivity index (χ2v) is 5.45. The van der Waals surface area contributed by atoms with E-state index in [2.05, 4.69) is 5.32 Å². The summed E-state index contributed by atoms with van der Waals surface area (Å²) in [4.78, 5) is 22.1. The van der Waals surface area contributed by atoms with Gasteiger partial charge in [-0.05, 0) is 26.8 Å². The first-order valence-electron chi connectivity index (χ1n) is 6.88. The third-order valence-electron chi connectivity index (χ3n) is 2.28. The van der Waals surface area contributed by atoms with Crippen molar-refractivity contribution < 1.29 is 28.5 Å². The van der Waals surface area contributed by atoms with Gasteiger partial charge < -0.3 is 24.3 Å². The number of nitrogens with one attached hydrogen (secondary N) is 1. The van der Waals surface area contributed by atoms with Crippen LogP contribution in [0.2, 0.25) is 0 Å². The minimum Gasteiger partial charge on any atom is -0.452 e. The Balaban J connectivity index is 1.88. The Morgan fingerprint density at radius 2 is 2.00 bits per heavy atom. The predicted molar refractivity (Wildman–Crippen MR) is 74.9 cm³/mol. The van der Waals surface area contributed by atoms with E-state index in [0.717, 1.165) is 0 Å². The van der Waals surface area contributed by atoms with Crippen molar-refractivity contribution in [2.45, 2.75) is 32.5 Å². The van der Waals surface area contributed by atoms with Gasteiger partial charge in [-0.2, -0.15) is 0 Å². The molecule has 0 spiro atoms. The molecular weight excluding hydrogens is 278 g/mol. The summed E-state index contributed by atoms with van der Waals surface area (Å²) in [7, 11) is 0. The zero-order valence-corrected chi connectivity index (χ0v) is 12.7. The van der Waals surface area contributed by atoms with Crippen LogP contribution in [0.3, 0.4) is 0 Å². The fraction of sp³-hybridized carbons (Fsp3) is 0.714. The molecule has 1 unspecified atom stereocenters. The Hall–Kier alpha value is -1.60. The molecule has 0 saturated carbocycles. The third-order valence-corrected chi connectivity index (χ3v) is 2.28. The molecular formula is C14H23NO6. The summed E-state index contributed by atoms with van der Waals surface area (Å²) < 4.78 is 20.5. The van der Waals surface area contributed by atoms with Crippen molar-refractivity contribution in [3.63, 3.8) is 0 Å². The number of carbonyl (C=O) groups excluding carboxylic acids is 2. The molecule has 7 heteroatoms. The number of alkyl carbamates (subject to hydrolysis) is 1. The molecule has 7 nitrogen and oxygen atoms in total. The quantitative estimate of drug-likeness (QED) is 0.532. The van der Waals surface area contributed by atoms with Crippen LogP contribution in [0.5, 0.6) is 0 Å². The molecule has 0 radical (unpaired) electrons. The van der Waals surface area contributed by atoms with Crippen molar-refractivity contribution in [2.24, 2.45) is 0 Å². The Bertz CT molecular complexity index is 374. The van der Waals surface area contributed by atoms with Gasteiger partial charge >= 0.3 is 12.1 Å². The van der Waals surface area contributed by atoms with Crippen molar-refractivity contribution in [1.82, 2.24) is 5.32 Å². The van der Waals surface area contributed by atoms with Crippen molar-refractivity contribution >= 4 is 12.1 Å². The van der Waals surface area contributed by atoms with Crippen LogP contribution in [0.15, 0.2) is 12.2 Å². The first-order chi connectivity index (χ1) is 9.87. The second-order valence-electron chi connectivity index (χ2n) is 5.45. The standard InChI is InChI=1S/C14H23NO6/c1-14(2,3)21-13(17)15-6-7-18-8-9-19-10-11-4-5-12(16)20-11/h4-5,11H,6-10H2,1-3H3,(H,15,17). The molecule has 0 saturated heterocycles. The summed E-state index contributed by atoms with van der Waals surface area (Å²) >= 11 is 0. The zero-order valence-electron chi connectivity index (χ0n) is 12.7. The van der Waals surface area contributed by atoms with Crippen LogP contribution >= 0.6 is 0 Å². The smallest absolute Gasteiger partial charge is 0.407 e. The number of amides is 1. The number of hydrogen-bond acceptors (Lipinski definition) is 6. The number of hydrogen-bond donors (Lipinski definition) is 1. The molecule has 120 valence electrons. The van der Waals surface area contributed by atoms with E-state index in [1.165, 1.54) is 6.08 Å². The SMILES string of the molecule is CC(C)(C)OC(=O)NCCOCCOCC1C=CC(=O)O1. The predicted octanol–water partition coefficient (Wildman–Crippen LogP) is 1.03. The molecule has 1 aliphatic rings. The van der Waals surface area contributed by atoms with Crippen LogP contribution in [0, 0.1) is 0 Å². The Morgan fingerprint density at radius 1 is 1.29 bits per heavy atom. The van der Waals surface area contributed by atoms with Gasteiger partial charge in [0.05, 0.1) is 26.4 Å². The lowest BCUT2D eigenvalue weighted by molar-refractivity contribution is -0.140. The first kappa shape index (κ1) is 17.5. The van der Waals surface area contributed by atoms with Crippen LogP contribution in [-0.4, -0.2) is 56.7 Å². The Morgan fingerprint density at radius 3 is 2.62 bits per heavy atom. The maximum Gasteiger partial charge on any atom is 0.407 e. The summed E-state index contributed by atoms with van der Waals surface area (Å²) in [5, 5.41) is 2.59. The summed E-state index contributed by atoms with van der Waals surface area (Å²) in [5.74, 6) is -0.340. The fourth-order valence-electron chi connectivity index (χ4n) is 1.46. The molecule has 0 aliphatic carbocycles. The van der Waals surface area contributed by atoms with Crippen LogP contribution in [0.25, 0.3) is 0 Å². The van der Waals surface area contributed by atoms with Gasteiger partial charge in [0, 0.05) is 12.6 Å². The molecule has 0 aromatic rings. The van der Waals surface area contributed by atoms with Crippen LogP contribution in [-0.2, 0) is 23.7 Å². The van der Waals surface area contributed by atoms with Gasteiger partial charge in [-0.1, -0.05) is 0 Å². The van der Waals surface area contributed by atoms with Crippen molar-refractivity contribution in [1.29, 1.82) is 0 Å². The highest BCUT2D eigenvalue weighted by Gasteiger charge is 2.16. The highest BCUT2D eigenvalue weighted by atomic mass is 16.6. The number of rotatable bonds is 8. The van der Waals surface area contributed by atoms with Crippen LogP contribution in [0.4, 0.5) is 4.79 Å². The van der Waals surface area contributed by atoms with Gasteiger partial charge in [0.2, 0.25) is 0 Å². The largest absolute Gasteiger partial charge is 0.452 e. The Labute approximate surface area is 124 Å². The summed E-state index contributed by atoms with van der Waals surface area (Å²) in [6.07, 6.45) is 2.28. The minimum atomic E-state index is -0.503. The lowest BCUT2D eigenvalue weighted by Crippen LogP contribution is -2.34. The lowest BCUT2D eigenvalue weighted by atomic mass is 10.2. The number of carbonyl (C=O) groups is 2. The van der Waals surface area contributed by atoms with Gasteiger partial charge in [0.25, 0.3) is 0 Å². The second kappa shape index (κ2) is 8.63. The van der Waals surface area contributed by atoms with E-state index in [-0.39, 0.29) is 12.1 Å². The van der Waals surface area contributed by atoms with Gasteiger partial charge in [0.15, 0.2) is 0 Å². The average Bonchev–Trinajstić information content (AvgIpc) is 2.76. The number of cyclic esters (lactones) is 1. The zero-order chi connectivity index (χ0) is 15.7. The molecule has 1 amide bonds. The molecule has 1 N–H and O–H groups in total. The number of esters is 1. The maximum absolute atomic E-state index is 11.3. The molecule has 0 aromatic heterocycles. The fourth-order valence-corrected chi connectivity index (χ4v) is 1.46. The molecule has 1 aliphatic heterocycles. The van der Waals surface area contributed by atoms with E-state index in [4.69, 9.17) is 18.9 Å². The summed E-state index contributed by atoms with van der Waals surface area (Å²) in [6.45, 7) is 7.28. The first-order valence-corrected chi connectivity index (χ1v) is 6.88. The summed E-state index contributed by atoms with van der Waals surface area (Å²) in [6, 6.07) is 0. The Kier molecular flexibility index (Phi) is 7.18. The molecule has 1 heterocycles. The molecule has 1 rings (SSSR count). The van der Waals surface area contributed by atoms with Gasteiger partial charge in [-0.15, -0.1) is 0 Å². The molecule has 21 heavy (non-hydrogen) atoms. The van der Waals surface area contributed by atoms with E-state index in [1.807, 2.05) is 0 Å². The van der Waals surface area contributed by atoms with E-state index >= 15 is 0 Å². The van der Waals surface area contributed by atoms with E-state index < -0.39 is 11.7 Å². The normalized spacial score (nSPS) is 17.7. The van der Waals surface area contributed by atoms with Crippen molar-refractivity contribution in [2.75, 3.05) is 33.0 Å². The molecule has 0 bridgehead atoms. The molecule has 0 aromatic carbocycles. The van der Waals surface area contributed by atoms with E-state index in [0.29, 0.717) is 33.0 Å². The van der Waals surface area contributed by atoms with Gasteiger partial charge in [-0.3, -0.25) is 0 Å².